The van der Waals surface area contributed by atoms with Crippen LogP contribution in [0.15, 0.2) is 36.4 Å². The van der Waals surface area contributed by atoms with Crippen LogP contribution in [0, 0.1) is 5.82 Å². The van der Waals surface area contributed by atoms with Gasteiger partial charge in [0.25, 0.3) is 0 Å². The maximum Gasteiger partial charge on any atom is 0.146 e. The van der Waals surface area contributed by atoms with Gasteiger partial charge in [-0.3, -0.25) is 0 Å². The van der Waals surface area contributed by atoms with E-state index in [2.05, 4.69) is 0 Å². The zero-order valence-corrected chi connectivity index (χ0v) is 12.4. The van der Waals surface area contributed by atoms with Gasteiger partial charge < -0.3 is 10.5 Å². The van der Waals surface area contributed by atoms with Crippen molar-refractivity contribution in [3.05, 3.63) is 57.8 Å². The second-order valence-electron chi connectivity index (χ2n) is 4.57. The SMILES string of the molecule is CC(N)Cc1c(F)cccc1Oc1ccc(Cl)cc1Cl. The monoisotopic (exact) mass is 313 g/mol. The van der Waals surface area contributed by atoms with Crippen LogP contribution in [0.3, 0.4) is 0 Å². The zero-order valence-electron chi connectivity index (χ0n) is 10.9. The molecule has 0 aliphatic carbocycles. The van der Waals surface area contributed by atoms with E-state index in [4.69, 9.17) is 33.7 Å². The average molecular weight is 314 g/mol. The molecule has 0 heterocycles. The highest BCUT2D eigenvalue weighted by molar-refractivity contribution is 6.35. The molecule has 1 unspecified atom stereocenters. The quantitative estimate of drug-likeness (QED) is 0.878. The van der Waals surface area contributed by atoms with E-state index in [9.17, 15) is 4.39 Å². The fraction of sp³-hybridized carbons (Fsp3) is 0.200. The highest BCUT2D eigenvalue weighted by atomic mass is 35.5. The Morgan fingerprint density at radius 2 is 1.95 bits per heavy atom. The molecule has 2 aromatic rings. The largest absolute Gasteiger partial charge is 0.455 e. The molecular weight excluding hydrogens is 300 g/mol. The predicted molar refractivity (Wildman–Crippen MR) is 80.3 cm³/mol. The minimum atomic E-state index is -0.343. The van der Waals surface area contributed by atoms with Gasteiger partial charge in [0.1, 0.15) is 17.3 Å². The van der Waals surface area contributed by atoms with Gasteiger partial charge in [0.2, 0.25) is 0 Å². The molecule has 0 saturated heterocycles. The Hall–Kier alpha value is -1.29. The molecule has 0 aliphatic rings. The van der Waals surface area contributed by atoms with Crippen molar-refractivity contribution in [2.45, 2.75) is 19.4 Å². The normalized spacial score (nSPS) is 12.2. The summed E-state index contributed by atoms with van der Waals surface area (Å²) < 4.78 is 19.6. The fourth-order valence-corrected chi connectivity index (χ4v) is 2.28. The molecule has 0 amide bonds. The van der Waals surface area contributed by atoms with Crippen LogP contribution >= 0.6 is 23.2 Å². The van der Waals surface area contributed by atoms with E-state index in [1.807, 2.05) is 6.92 Å². The molecule has 2 N–H and O–H groups in total. The van der Waals surface area contributed by atoms with E-state index in [1.165, 1.54) is 6.07 Å². The van der Waals surface area contributed by atoms with E-state index >= 15 is 0 Å². The molecule has 0 bridgehead atoms. The maximum atomic E-state index is 13.9. The maximum absolute atomic E-state index is 13.9. The van der Waals surface area contributed by atoms with E-state index in [-0.39, 0.29) is 11.9 Å². The highest BCUT2D eigenvalue weighted by Crippen LogP contribution is 2.34. The lowest BCUT2D eigenvalue weighted by molar-refractivity contribution is 0.464. The van der Waals surface area contributed by atoms with E-state index < -0.39 is 0 Å². The third kappa shape index (κ3) is 3.63. The number of nitrogens with two attached hydrogens (primary N) is 1. The molecule has 2 nitrogen and oxygen atoms in total. The molecule has 0 radical (unpaired) electrons. The lowest BCUT2D eigenvalue weighted by atomic mass is 10.1. The van der Waals surface area contributed by atoms with E-state index in [0.29, 0.717) is 33.5 Å². The van der Waals surface area contributed by atoms with Gasteiger partial charge in [-0.05, 0) is 43.7 Å². The van der Waals surface area contributed by atoms with Crippen LogP contribution in [-0.4, -0.2) is 6.04 Å². The van der Waals surface area contributed by atoms with Crippen LogP contribution in [0.25, 0.3) is 0 Å². The van der Waals surface area contributed by atoms with Crippen molar-refractivity contribution in [3.63, 3.8) is 0 Å². The van der Waals surface area contributed by atoms with Crippen molar-refractivity contribution in [1.82, 2.24) is 0 Å². The molecule has 0 fully saturated rings. The molecule has 0 aliphatic heterocycles. The second-order valence-corrected chi connectivity index (χ2v) is 5.42. The van der Waals surface area contributed by atoms with Crippen LogP contribution in [0.4, 0.5) is 4.39 Å². The first kappa shape index (κ1) is 15.1. The summed E-state index contributed by atoms with van der Waals surface area (Å²) in [6.07, 6.45) is 0.382. The molecule has 106 valence electrons. The summed E-state index contributed by atoms with van der Waals surface area (Å²) in [5.41, 5.74) is 6.18. The minimum absolute atomic E-state index is 0.171. The summed E-state index contributed by atoms with van der Waals surface area (Å²) in [7, 11) is 0. The fourth-order valence-electron chi connectivity index (χ4n) is 1.83. The third-order valence-electron chi connectivity index (χ3n) is 2.72. The molecule has 2 aromatic carbocycles. The Balaban J connectivity index is 2.35. The van der Waals surface area contributed by atoms with Crippen LogP contribution in [0.1, 0.15) is 12.5 Å². The van der Waals surface area contributed by atoms with E-state index in [1.54, 1.807) is 30.3 Å². The first-order chi connectivity index (χ1) is 9.47. The summed E-state index contributed by atoms with van der Waals surface area (Å²) in [5.74, 6) is 0.490. The third-order valence-corrected chi connectivity index (χ3v) is 3.25. The molecule has 20 heavy (non-hydrogen) atoms. The molecular formula is C15H14Cl2FNO. The number of benzene rings is 2. The molecule has 0 saturated carbocycles. The Bertz CT molecular complexity index is 617. The number of ether oxygens (including phenoxy) is 1. The average Bonchev–Trinajstić information content (AvgIpc) is 2.36. The topological polar surface area (TPSA) is 35.2 Å². The number of hydrogen-bond donors (Lipinski definition) is 1. The Labute approximate surface area is 127 Å². The van der Waals surface area contributed by atoms with Crippen molar-refractivity contribution < 1.29 is 9.13 Å². The van der Waals surface area contributed by atoms with Crippen LogP contribution in [0.2, 0.25) is 10.0 Å². The first-order valence-electron chi connectivity index (χ1n) is 6.13. The lowest BCUT2D eigenvalue weighted by Gasteiger charge is -2.14. The van der Waals surface area contributed by atoms with Crippen LogP contribution < -0.4 is 10.5 Å². The van der Waals surface area contributed by atoms with Gasteiger partial charge in [0.05, 0.1) is 5.02 Å². The Morgan fingerprint density at radius 3 is 2.60 bits per heavy atom. The highest BCUT2D eigenvalue weighted by Gasteiger charge is 2.13. The van der Waals surface area contributed by atoms with Gasteiger partial charge in [-0.1, -0.05) is 29.3 Å². The molecule has 0 spiro atoms. The van der Waals surface area contributed by atoms with Crippen LogP contribution in [-0.2, 0) is 6.42 Å². The Kier molecular flexibility index (Phi) is 4.86. The summed E-state index contributed by atoms with van der Waals surface area (Å²) >= 11 is 11.9. The van der Waals surface area contributed by atoms with Crippen molar-refractivity contribution in [3.8, 4) is 11.5 Å². The molecule has 2 rings (SSSR count). The van der Waals surface area contributed by atoms with Gasteiger partial charge >= 0.3 is 0 Å². The minimum Gasteiger partial charge on any atom is -0.455 e. The summed E-state index contributed by atoms with van der Waals surface area (Å²) in [6, 6.07) is 9.36. The number of halogens is 3. The summed E-state index contributed by atoms with van der Waals surface area (Å²) in [6.45, 7) is 1.81. The van der Waals surface area contributed by atoms with Crippen LogP contribution in [0.5, 0.6) is 11.5 Å². The molecule has 5 heteroatoms. The second kappa shape index (κ2) is 6.44. The van der Waals surface area contributed by atoms with Crippen molar-refractivity contribution in [2.75, 3.05) is 0 Å². The molecule has 1 atom stereocenters. The van der Waals surface area contributed by atoms with Gasteiger partial charge in [0.15, 0.2) is 0 Å². The Morgan fingerprint density at radius 1 is 1.20 bits per heavy atom. The summed E-state index contributed by atoms with van der Waals surface area (Å²) in [5, 5.41) is 0.880. The smallest absolute Gasteiger partial charge is 0.146 e. The van der Waals surface area contributed by atoms with Crippen molar-refractivity contribution in [2.24, 2.45) is 5.73 Å². The van der Waals surface area contributed by atoms with Gasteiger partial charge in [-0.2, -0.15) is 0 Å². The van der Waals surface area contributed by atoms with Gasteiger partial charge in [-0.15, -0.1) is 0 Å². The molecule has 0 aromatic heterocycles. The summed E-state index contributed by atoms with van der Waals surface area (Å²) in [4.78, 5) is 0. The standard InChI is InChI=1S/C15H14Cl2FNO/c1-9(19)7-11-13(18)3-2-4-14(11)20-15-6-5-10(16)8-12(15)17/h2-6,8-9H,7,19H2,1H3. The van der Waals surface area contributed by atoms with Crippen molar-refractivity contribution in [1.29, 1.82) is 0 Å². The zero-order chi connectivity index (χ0) is 14.7. The predicted octanol–water partition coefficient (Wildman–Crippen LogP) is 4.81. The lowest BCUT2D eigenvalue weighted by Crippen LogP contribution is -2.19. The van der Waals surface area contributed by atoms with Crippen molar-refractivity contribution >= 4 is 23.2 Å². The number of hydrogen-bond acceptors (Lipinski definition) is 2. The first-order valence-corrected chi connectivity index (χ1v) is 6.89. The van der Waals surface area contributed by atoms with Gasteiger partial charge in [-0.25, -0.2) is 4.39 Å². The number of rotatable bonds is 4. The van der Waals surface area contributed by atoms with Gasteiger partial charge in [0, 0.05) is 16.6 Å². The van der Waals surface area contributed by atoms with E-state index in [0.717, 1.165) is 0 Å².